The third-order valence-corrected chi connectivity index (χ3v) is 5.28. The summed E-state index contributed by atoms with van der Waals surface area (Å²) in [4.78, 5) is 25.8. The third-order valence-electron chi connectivity index (χ3n) is 5.28. The Bertz CT molecular complexity index is 840. The number of nitrogens with zero attached hydrogens (tertiary/aromatic N) is 2. The smallest absolute Gasteiger partial charge is 0.414 e. The molecule has 2 aromatic carbocycles. The van der Waals surface area contributed by atoms with Gasteiger partial charge in [-0.15, -0.1) is 0 Å². The largest absolute Gasteiger partial charge is 0.473 e. The van der Waals surface area contributed by atoms with Crippen molar-refractivity contribution in [3.05, 3.63) is 70.8 Å². The van der Waals surface area contributed by atoms with E-state index in [1.165, 1.54) is 53.9 Å². The number of rotatable bonds is 3. The normalized spacial score (nSPS) is 15.4. The number of carboxylic acids is 2. The minimum Gasteiger partial charge on any atom is -0.473 e. The lowest BCUT2D eigenvalue weighted by Gasteiger charge is -2.14. The first-order chi connectivity index (χ1) is 14.1. The monoisotopic (exact) mass is 394 g/mol. The van der Waals surface area contributed by atoms with Crippen LogP contribution in [0.3, 0.4) is 0 Å². The quantitative estimate of drug-likeness (QED) is 0.782. The Balaban J connectivity index is 0.000000353. The third kappa shape index (κ3) is 5.51. The fourth-order valence-corrected chi connectivity index (χ4v) is 3.83. The SMILES string of the molecule is O=C(O)C(=O)O.c1ccc2c(c1)CCc1ccccc1C2=NCCN1CCCC1. The van der Waals surface area contributed by atoms with Gasteiger partial charge in [-0.25, -0.2) is 9.59 Å². The lowest BCUT2D eigenvalue weighted by atomic mass is 9.98. The van der Waals surface area contributed by atoms with Crippen LogP contribution in [0.25, 0.3) is 0 Å². The second kappa shape index (κ2) is 9.98. The fraction of sp³-hybridized carbons (Fsp3) is 0.348. The number of fused-ring (bicyclic) bond motifs is 2. The highest BCUT2D eigenvalue weighted by Gasteiger charge is 2.19. The molecule has 0 aromatic heterocycles. The highest BCUT2D eigenvalue weighted by atomic mass is 16.4. The maximum absolute atomic E-state index is 9.10. The van der Waals surface area contributed by atoms with Gasteiger partial charge in [-0.3, -0.25) is 4.99 Å². The molecule has 6 heteroatoms. The second-order valence-corrected chi connectivity index (χ2v) is 7.20. The van der Waals surface area contributed by atoms with Gasteiger partial charge >= 0.3 is 11.9 Å². The topological polar surface area (TPSA) is 90.2 Å². The maximum Gasteiger partial charge on any atom is 0.414 e. The Morgan fingerprint density at radius 2 is 1.31 bits per heavy atom. The van der Waals surface area contributed by atoms with E-state index in [-0.39, 0.29) is 0 Å². The Morgan fingerprint density at radius 1 is 0.828 bits per heavy atom. The molecule has 29 heavy (non-hydrogen) atoms. The van der Waals surface area contributed by atoms with E-state index in [9.17, 15) is 0 Å². The molecule has 152 valence electrons. The molecule has 6 nitrogen and oxygen atoms in total. The molecule has 0 amide bonds. The van der Waals surface area contributed by atoms with Gasteiger partial charge in [0.1, 0.15) is 0 Å². The number of likely N-dealkylation sites (tertiary alicyclic amines) is 1. The van der Waals surface area contributed by atoms with Gasteiger partial charge in [-0.2, -0.15) is 0 Å². The summed E-state index contributed by atoms with van der Waals surface area (Å²) in [5, 5.41) is 14.8. The van der Waals surface area contributed by atoms with E-state index >= 15 is 0 Å². The highest BCUT2D eigenvalue weighted by molar-refractivity contribution is 6.27. The van der Waals surface area contributed by atoms with E-state index in [4.69, 9.17) is 24.8 Å². The first-order valence-corrected chi connectivity index (χ1v) is 9.96. The summed E-state index contributed by atoms with van der Waals surface area (Å²) in [7, 11) is 0. The highest BCUT2D eigenvalue weighted by Crippen LogP contribution is 2.25. The van der Waals surface area contributed by atoms with Crippen molar-refractivity contribution in [2.24, 2.45) is 4.99 Å². The van der Waals surface area contributed by atoms with Crippen molar-refractivity contribution in [3.8, 4) is 0 Å². The summed E-state index contributed by atoms with van der Waals surface area (Å²) in [6, 6.07) is 17.6. The maximum atomic E-state index is 9.10. The molecular weight excluding hydrogens is 368 g/mol. The Hall–Kier alpha value is -2.99. The van der Waals surface area contributed by atoms with Crippen molar-refractivity contribution >= 4 is 17.7 Å². The number of aliphatic imine (C=N–C) groups is 1. The van der Waals surface area contributed by atoms with Gasteiger partial charge in [-0.1, -0.05) is 48.5 Å². The van der Waals surface area contributed by atoms with Crippen LogP contribution in [0.5, 0.6) is 0 Å². The lowest BCUT2D eigenvalue weighted by molar-refractivity contribution is -0.159. The van der Waals surface area contributed by atoms with Crippen molar-refractivity contribution in [1.29, 1.82) is 0 Å². The zero-order valence-corrected chi connectivity index (χ0v) is 16.4. The Kier molecular flexibility index (Phi) is 7.14. The molecule has 1 aliphatic carbocycles. The number of carbonyl (C=O) groups is 2. The molecule has 0 spiro atoms. The molecule has 0 atom stereocenters. The van der Waals surface area contributed by atoms with E-state index in [0.717, 1.165) is 25.9 Å². The van der Waals surface area contributed by atoms with Gasteiger partial charge in [0, 0.05) is 17.7 Å². The van der Waals surface area contributed by atoms with E-state index in [1.54, 1.807) is 0 Å². The molecule has 4 rings (SSSR count). The van der Waals surface area contributed by atoms with Crippen LogP contribution in [-0.4, -0.2) is 58.9 Å². The summed E-state index contributed by atoms with van der Waals surface area (Å²) < 4.78 is 0. The van der Waals surface area contributed by atoms with E-state index in [2.05, 4.69) is 53.4 Å². The zero-order chi connectivity index (χ0) is 20.6. The predicted molar refractivity (Wildman–Crippen MR) is 112 cm³/mol. The van der Waals surface area contributed by atoms with Crippen LogP contribution in [0.15, 0.2) is 53.5 Å². The molecule has 2 aromatic rings. The molecule has 0 radical (unpaired) electrons. The first-order valence-electron chi connectivity index (χ1n) is 9.96. The van der Waals surface area contributed by atoms with Crippen LogP contribution >= 0.6 is 0 Å². The summed E-state index contributed by atoms with van der Waals surface area (Å²) in [6.45, 7) is 4.49. The lowest BCUT2D eigenvalue weighted by Crippen LogP contribution is -2.23. The second-order valence-electron chi connectivity index (χ2n) is 7.20. The van der Waals surface area contributed by atoms with Crippen LogP contribution in [0.4, 0.5) is 0 Å². The molecule has 2 aliphatic rings. The van der Waals surface area contributed by atoms with Crippen molar-refractivity contribution in [1.82, 2.24) is 4.90 Å². The minimum atomic E-state index is -1.82. The van der Waals surface area contributed by atoms with Crippen molar-refractivity contribution in [2.75, 3.05) is 26.2 Å². The van der Waals surface area contributed by atoms with E-state index < -0.39 is 11.9 Å². The van der Waals surface area contributed by atoms with Crippen LogP contribution < -0.4 is 0 Å². The van der Waals surface area contributed by atoms with Gasteiger partial charge < -0.3 is 15.1 Å². The predicted octanol–water partition coefficient (Wildman–Crippen LogP) is 2.87. The Labute approximate surface area is 170 Å². The van der Waals surface area contributed by atoms with Gasteiger partial charge in [0.25, 0.3) is 0 Å². The van der Waals surface area contributed by atoms with Gasteiger partial charge in [0.15, 0.2) is 0 Å². The summed E-state index contributed by atoms with van der Waals surface area (Å²) in [5.74, 6) is -3.65. The molecule has 2 N–H and O–H groups in total. The molecule has 0 bridgehead atoms. The standard InChI is InChI=1S/C21H24N2.C2H2O4/c1-3-9-19-17(7-1)11-12-18-8-2-4-10-20(18)21(19)22-13-16-23-14-5-6-15-23;3-1(4)2(5)6/h1-4,7-10H,5-6,11-16H2;(H,3,4)(H,5,6). The number of aliphatic carboxylic acids is 2. The van der Waals surface area contributed by atoms with Crippen LogP contribution in [-0.2, 0) is 22.4 Å². The van der Waals surface area contributed by atoms with Crippen molar-refractivity contribution in [2.45, 2.75) is 25.7 Å². The zero-order valence-electron chi connectivity index (χ0n) is 16.4. The van der Waals surface area contributed by atoms with Crippen LogP contribution in [0.2, 0.25) is 0 Å². The van der Waals surface area contributed by atoms with Crippen molar-refractivity contribution < 1.29 is 19.8 Å². The summed E-state index contributed by atoms with van der Waals surface area (Å²) in [5.41, 5.74) is 6.73. The molecule has 1 heterocycles. The molecular formula is C23H26N2O4. The summed E-state index contributed by atoms with van der Waals surface area (Å²) in [6.07, 6.45) is 4.92. The van der Waals surface area contributed by atoms with E-state index in [0.29, 0.717) is 0 Å². The number of hydrogen-bond acceptors (Lipinski definition) is 4. The van der Waals surface area contributed by atoms with Gasteiger partial charge in [-0.05, 0) is 49.9 Å². The Morgan fingerprint density at radius 3 is 1.79 bits per heavy atom. The van der Waals surface area contributed by atoms with Crippen molar-refractivity contribution in [3.63, 3.8) is 0 Å². The molecule has 1 fully saturated rings. The molecule has 1 saturated heterocycles. The average molecular weight is 394 g/mol. The fourth-order valence-electron chi connectivity index (χ4n) is 3.83. The number of aryl methyl sites for hydroxylation is 2. The van der Waals surface area contributed by atoms with Gasteiger partial charge in [0.05, 0.1) is 12.3 Å². The van der Waals surface area contributed by atoms with Gasteiger partial charge in [0.2, 0.25) is 0 Å². The average Bonchev–Trinajstić information content (AvgIpc) is 3.19. The van der Waals surface area contributed by atoms with Crippen LogP contribution in [0.1, 0.15) is 35.1 Å². The summed E-state index contributed by atoms with van der Waals surface area (Å²) >= 11 is 0. The number of hydrogen-bond donors (Lipinski definition) is 2. The molecule has 0 unspecified atom stereocenters. The van der Waals surface area contributed by atoms with Crippen LogP contribution in [0, 0.1) is 0 Å². The minimum absolute atomic E-state index is 0.901. The number of benzene rings is 2. The molecule has 1 aliphatic heterocycles. The molecule has 0 saturated carbocycles. The van der Waals surface area contributed by atoms with E-state index in [1.807, 2.05) is 0 Å². The first kappa shape index (κ1) is 20.7. The number of carboxylic acid groups (broad SMARTS) is 2.